The summed E-state index contributed by atoms with van der Waals surface area (Å²) >= 11 is 0. The van der Waals surface area contributed by atoms with E-state index in [1.807, 2.05) is 18.2 Å². The van der Waals surface area contributed by atoms with Crippen molar-refractivity contribution in [2.75, 3.05) is 28.6 Å². The van der Waals surface area contributed by atoms with Crippen molar-refractivity contribution in [2.45, 2.75) is 19.8 Å². The molecule has 0 saturated heterocycles. The first-order valence-corrected chi connectivity index (χ1v) is 8.40. The quantitative estimate of drug-likeness (QED) is 0.801. The van der Waals surface area contributed by atoms with Gasteiger partial charge in [-0.3, -0.25) is 10.2 Å². The molecule has 1 heterocycles. The van der Waals surface area contributed by atoms with E-state index in [0.717, 1.165) is 29.8 Å². The fourth-order valence-electron chi connectivity index (χ4n) is 2.85. The third-order valence-electron chi connectivity index (χ3n) is 3.97. The van der Waals surface area contributed by atoms with Gasteiger partial charge in [-0.2, -0.15) is 0 Å². The maximum atomic E-state index is 12.4. The minimum absolute atomic E-state index is 0.448. The summed E-state index contributed by atoms with van der Waals surface area (Å²) in [5.41, 5.74) is 3.39. The van der Waals surface area contributed by atoms with Gasteiger partial charge in [0, 0.05) is 18.8 Å². The lowest BCUT2D eigenvalue weighted by molar-refractivity contribution is 0.236. The van der Waals surface area contributed by atoms with Crippen LogP contribution in [0.1, 0.15) is 18.9 Å². The van der Waals surface area contributed by atoms with Crippen LogP contribution in [0.4, 0.5) is 26.7 Å². The van der Waals surface area contributed by atoms with Crippen LogP contribution in [0, 0.1) is 6.07 Å². The first-order valence-electron chi connectivity index (χ1n) is 8.40. The standard InChI is InChI=1S/C19H21N4O2/c1-2-6-14-7-5-8-15(13-14)21-18(24)22-19(25)23-12-11-20-16-9-3-4-10-17(16)23/h4-5,7-10,13,20H,2,6,11-12H2,1H3,(H2,21,22,24,25). The fraction of sp³-hybridized carbons (Fsp3) is 0.263. The molecule has 1 aliphatic heterocycles. The SMILES string of the molecule is CCCc1cccc(NC(=O)NC(=O)N2CCNc3c[c]ccc32)c1. The van der Waals surface area contributed by atoms with Gasteiger partial charge in [0.05, 0.1) is 11.4 Å². The predicted octanol–water partition coefficient (Wildman–Crippen LogP) is 3.61. The molecule has 6 nitrogen and oxygen atoms in total. The number of carbonyl (C=O) groups excluding carboxylic acids is 2. The molecule has 1 aliphatic rings. The van der Waals surface area contributed by atoms with Gasteiger partial charge in [-0.1, -0.05) is 31.5 Å². The second kappa shape index (κ2) is 7.70. The van der Waals surface area contributed by atoms with Crippen molar-refractivity contribution >= 4 is 29.1 Å². The Morgan fingerprint density at radius 3 is 3.04 bits per heavy atom. The Balaban J connectivity index is 1.64. The van der Waals surface area contributed by atoms with E-state index in [2.05, 4.69) is 28.9 Å². The van der Waals surface area contributed by atoms with Crippen LogP contribution < -0.4 is 20.9 Å². The largest absolute Gasteiger partial charge is 0.382 e. The van der Waals surface area contributed by atoms with Gasteiger partial charge in [0.2, 0.25) is 0 Å². The Morgan fingerprint density at radius 2 is 2.20 bits per heavy atom. The second-order valence-electron chi connectivity index (χ2n) is 5.86. The molecule has 3 rings (SSSR count). The topological polar surface area (TPSA) is 73.5 Å². The highest BCUT2D eigenvalue weighted by atomic mass is 16.2. The van der Waals surface area contributed by atoms with Gasteiger partial charge >= 0.3 is 12.1 Å². The van der Waals surface area contributed by atoms with Crippen molar-refractivity contribution in [3.05, 3.63) is 54.1 Å². The van der Waals surface area contributed by atoms with E-state index in [9.17, 15) is 9.59 Å². The van der Waals surface area contributed by atoms with Crippen molar-refractivity contribution in [1.29, 1.82) is 0 Å². The first-order chi connectivity index (χ1) is 12.2. The molecule has 0 aromatic heterocycles. The highest BCUT2D eigenvalue weighted by Gasteiger charge is 2.23. The van der Waals surface area contributed by atoms with Crippen molar-refractivity contribution < 1.29 is 9.59 Å². The summed E-state index contributed by atoms with van der Waals surface area (Å²) in [7, 11) is 0. The number of benzene rings is 2. The zero-order valence-corrected chi connectivity index (χ0v) is 14.1. The molecule has 0 saturated carbocycles. The Hall–Kier alpha value is -3.02. The van der Waals surface area contributed by atoms with Crippen LogP contribution in [0.5, 0.6) is 0 Å². The molecule has 0 fully saturated rings. The van der Waals surface area contributed by atoms with Crippen LogP contribution in [0.15, 0.2) is 42.5 Å². The first kappa shape index (κ1) is 16.8. The number of amides is 4. The fourth-order valence-corrected chi connectivity index (χ4v) is 2.85. The molecule has 129 valence electrons. The van der Waals surface area contributed by atoms with E-state index in [4.69, 9.17) is 0 Å². The molecule has 4 amide bonds. The van der Waals surface area contributed by atoms with Gasteiger partial charge in [-0.25, -0.2) is 9.59 Å². The summed E-state index contributed by atoms with van der Waals surface area (Å²) in [6.45, 7) is 3.22. The van der Waals surface area contributed by atoms with E-state index in [1.54, 1.807) is 29.2 Å². The van der Waals surface area contributed by atoms with Gasteiger partial charge in [0.1, 0.15) is 0 Å². The number of urea groups is 2. The van der Waals surface area contributed by atoms with Crippen LogP contribution in [-0.2, 0) is 6.42 Å². The van der Waals surface area contributed by atoms with Crippen molar-refractivity contribution in [2.24, 2.45) is 0 Å². The van der Waals surface area contributed by atoms with E-state index in [1.165, 1.54) is 0 Å². The Bertz CT molecular complexity index is 776. The number of hydrogen-bond donors (Lipinski definition) is 3. The third-order valence-corrected chi connectivity index (χ3v) is 3.97. The maximum Gasteiger partial charge on any atom is 0.330 e. The number of anilines is 3. The second-order valence-corrected chi connectivity index (χ2v) is 5.86. The zero-order valence-electron chi connectivity index (χ0n) is 14.1. The summed E-state index contributed by atoms with van der Waals surface area (Å²) in [5.74, 6) is 0. The van der Waals surface area contributed by atoms with Crippen LogP contribution in [0.3, 0.4) is 0 Å². The lowest BCUT2D eigenvalue weighted by atomic mass is 10.1. The molecular formula is C19H21N4O2. The molecule has 2 aromatic carbocycles. The zero-order chi connectivity index (χ0) is 17.6. The van der Waals surface area contributed by atoms with E-state index in [0.29, 0.717) is 18.8 Å². The van der Waals surface area contributed by atoms with E-state index in [-0.39, 0.29) is 0 Å². The summed E-state index contributed by atoms with van der Waals surface area (Å²) in [6, 6.07) is 14.9. The minimum Gasteiger partial charge on any atom is -0.382 e. The Morgan fingerprint density at radius 1 is 1.32 bits per heavy atom. The molecule has 25 heavy (non-hydrogen) atoms. The summed E-state index contributed by atoms with van der Waals surface area (Å²) in [5, 5.41) is 8.31. The van der Waals surface area contributed by atoms with E-state index < -0.39 is 12.1 Å². The number of rotatable bonds is 3. The Labute approximate surface area is 147 Å². The maximum absolute atomic E-state index is 12.4. The number of aryl methyl sites for hydroxylation is 1. The molecule has 6 heteroatoms. The third kappa shape index (κ3) is 4.09. The van der Waals surface area contributed by atoms with Gasteiger partial charge in [0.15, 0.2) is 0 Å². The predicted molar refractivity (Wildman–Crippen MR) is 99.1 cm³/mol. The molecule has 0 bridgehead atoms. The molecule has 0 atom stereocenters. The van der Waals surface area contributed by atoms with Gasteiger partial charge in [-0.15, -0.1) is 0 Å². The average Bonchev–Trinajstić information content (AvgIpc) is 2.61. The van der Waals surface area contributed by atoms with Crippen molar-refractivity contribution in [3.8, 4) is 0 Å². The number of nitrogens with zero attached hydrogens (tertiary/aromatic N) is 1. The lowest BCUT2D eigenvalue weighted by Gasteiger charge is -2.29. The molecule has 1 radical (unpaired) electrons. The highest BCUT2D eigenvalue weighted by molar-refractivity contribution is 6.07. The minimum atomic E-state index is -0.541. The van der Waals surface area contributed by atoms with Crippen molar-refractivity contribution in [1.82, 2.24) is 5.32 Å². The van der Waals surface area contributed by atoms with Gasteiger partial charge in [-0.05, 0) is 42.3 Å². The average molecular weight is 337 g/mol. The van der Waals surface area contributed by atoms with Gasteiger partial charge in [0.25, 0.3) is 0 Å². The van der Waals surface area contributed by atoms with Gasteiger partial charge < -0.3 is 10.6 Å². The van der Waals surface area contributed by atoms with Crippen LogP contribution in [-0.4, -0.2) is 25.2 Å². The summed E-state index contributed by atoms with van der Waals surface area (Å²) < 4.78 is 0. The number of fused-ring (bicyclic) bond motifs is 1. The molecular weight excluding hydrogens is 316 g/mol. The number of nitrogens with one attached hydrogen (secondary N) is 3. The monoisotopic (exact) mass is 337 g/mol. The summed E-state index contributed by atoms with van der Waals surface area (Å²) in [6.07, 6.45) is 1.98. The van der Waals surface area contributed by atoms with E-state index >= 15 is 0 Å². The molecule has 2 aromatic rings. The molecule has 0 aliphatic carbocycles. The number of carbonyl (C=O) groups is 2. The highest BCUT2D eigenvalue weighted by Crippen LogP contribution is 2.28. The lowest BCUT2D eigenvalue weighted by Crippen LogP contribution is -2.48. The number of imide groups is 1. The van der Waals surface area contributed by atoms with Crippen LogP contribution >= 0.6 is 0 Å². The number of hydrogen-bond acceptors (Lipinski definition) is 3. The molecule has 0 spiro atoms. The molecule has 3 N–H and O–H groups in total. The van der Waals surface area contributed by atoms with Crippen LogP contribution in [0.2, 0.25) is 0 Å². The Kier molecular flexibility index (Phi) is 5.18. The van der Waals surface area contributed by atoms with Crippen molar-refractivity contribution in [3.63, 3.8) is 0 Å². The molecule has 0 unspecified atom stereocenters. The normalized spacial score (nSPS) is 12.8. The van der Waals surface area contributed by atoms with Crippen LogP contribution in [0.25, 0.3) is 0 Å². The smallest absolute Gasteiger partial charge is 0.330 e. The summed E-state index contributed by atoms with van der Waals surface area (Å²) in [4.78, 5) is 26.2.